The number of anilines is 1. The maximum atomic E-state index is 13.6. The molecule has 1 fully saturated rings. The molecule has 1 atom stereocenters. The Labute approximate surface area is 160 Å². The van der Waals surface area contributed by atoms with Crippen LogP contribution in [0, 0.1) is 5.82 Å². The van der Waals surface area contributed by atoms with Crippen LogP contribution < -0.4 is 10.6 Å². The smallest absolute Gasteiger partial charge is 0.322 e. The lowest BCUT2D eigenvalue weighted by atomic mass is 10.0. The van der Waals surface area contributed by atoms with Gasteiger partial charge >= 0.3 is 6.03 Å². The van der Waals surface area contributed by atoms with Gasteiger partial charge in [-0.1, -0.05) is 53.5 Å². The van der Waals surface area contributed by atoms with Gasteiger partial charge in [-0.2, -0.15) is 0 Å². The first kappa shape index (κ1) is 18.5. The number of amides is 3. The molecule has 0 spiro atoms. The van der Waals surface area contributed by atoms with Gasteiger partial charge in [0.05, 0.1) is 22.5 Å². The zero-order valence-corrected chi connectivity index (χ0v) is 15.1. The molecule has 0 saturated carbocycles. The van der Waals surface area contributed by atoms with Gasteiger partial charge in [0.1, 0.15) is 0 Å². The summed E-state index contributed by atoms with van der Waals surface area (Å²) in [6.07, 6.45) is 0.155. The molecule has 136 valence electrons. The molecule has 2 aromatic carbocycles. The highest BCUT2D eigenvalue weighted by Crippen LogP contribution is 2.29. The van der Waals surface area contributed by atoms with Crippen LogP contribution in [0.5, 0.6) is 0 Å². The fourth-order valence-electron chi connectivity index (χ4n) is 2.87. The molecular weight excluding hydrogens is 380 g/mol. The van der Waals surface area contributed by atoms with Crippen LogP contribution in [0.1, 0.15) is 18.0 Å². The van der Waals surface area contributed by atoms with Crippen molar-refractivity contribution in [1.29, 1.82) is 0 Å². The minimum atomic E-state index is -0.738. The summed E-state index contributed by atoms with van der Waals surface area (Å²) in [4.78, 5) is 26.4. The normalized spacial score (nSPS) is 17.4. The van der Waals surface area contributed by atoms with Gasteiger partial charge in [-0.15, -0.1) is 0 Å². The van der Waals surface area contributed by atoms with Crippen LogP contribution in [-0.4, -0.2) is 29.9 Å². The van der Waals surface area contributed by atoms with Crippen LogP contribution in [0.4, 0.5) is 14.9 Å². The highest BCUT2D eigenvalue weighted by Gasteiger charge is 2.30. The van der Waals surface area contributed by atoms with E-state index in [2.05, 4.69) is 10.6 Å². The van der Waals surface area contributed by atoms with Gasteiger partial charge in [0.2, 0.25) is 5.91 Å². The van der Waals surface area contributed by atoms with Crippen molar-refractivity contribution in [1.82, 2.24) is 10.2 Å². The molecule has 3 amide bonds. The molecule has 8 heteroatoms. The third-order valence-corrected chi connectivity index (χ3v) is 4.66. The Bertz CT molecular complexity index is 809. The molecule has 0 bridgehead atoms. The predicted molar refractivity (Wildman–Crippen MR) is 99.0 cm³/mol. The van der Waals surface area contributed by atoms with Crippen molar-refractivity contribution in [3.63, 3.8) is 0 Å². The van der Waals surface area contributed by atoms with E-state index in [1.807, 2.05) is 30.3 Å². The average Bonchev–Trinajstić information content (AvgIpc) is 2.82. The van der Waals surface area contributed by atoms with E-state index in [1.54, 1.807) is 4.90 Å². The Kier molecular flexibility index (Phi) is 5.64. The number of rotatable bonds is 2. The van der Waals surface area contributed by atoms with E-state index < -0.39 is 17.9 Å². The fraction of sp³-hybridized carbons (Fsp3) is 0.222. The monoisotopic (exact) mass is 395 g/mol. The summed E-state index contributed by atoms with van der Waals surface area (Å²) in [7, 11) is 0. The minimum Gasteiger partial charge on any atom is -0.354 e. The third-order valence-electron chi connectivity index (χ3n) is 4.11. The SMILES string of the molecule is O=C1C[C@H](c2ccccc2)N(C(=O)Nc2cc(Cl)c(F)c(Cl)c2)CCN1. The summed E-state index contributed by atoms with van der Waals surface area (Å²) < 4.78 is 13.6. The first-order valence-electron chi connectivity index (χ1n) is 7.99. The maximum absolute atomic E-state index is 13.6. The van der Waals surface area contributed by atoms with Crippen LogP contribution in [0.2, 0.25) is 10.0 Å². The predicted octanol–water partition coefficient (Wildman–Crippen LogP) is 4.23. The number of halogens is 3. The summed E-state index contributed by atoms with van der Waals surface area (Å²) in [5, 5.41) is 5.08. The Balaban J connectivity index is 1.86. The van der Waals surface area contributed by atoms with Crippen LogP contribution >= 0.6 is 23.2 Å². The Morgan fingerprint density at radius 2 is 1.85 bits per heavy atom. The molecule has 26 heavy (non-hydrogen) atoms. The number of hydrogen-bond donors (Lipinski definition) is 2. The van der Waals surface area contributed by atoms with Crippen LogP contribution in [0.15, 0.2) is 42.5 Å². The second-order valence-corrected chi connectivity index (χ2v) is 6.67. The summed E-state index contributed by atoms with van der Waals surface area (Å²) in [6.45, 7) is 0.681. The van der Waals surface area contributed by atoms with E-state index in [0.29, 0.717) is 13.1 Å². The Morgan fingerprint density at radius 1 is 1.19 bits per heavy atom. The van der Waals surface area contributed by atoms with Gasteiger partial charge in [-0.05, 0) is 17.7 Å². The van der Waals surface area contributed by atoms with Crippen LogP contribution in [-0.2, 0) is 4.79 Å². The van der Waals surface area contributed by atoms with Crippen molar-refractivity contribution < 1.29 is 14.0 Å². The number of carbonyl (C=O) groups is 2. The molecule has 2 aromatic rings. The van der Waals surface area contributed by atoms with Crippen molar-refractivity contribution in [2.75, 3.05) is 18.4 Å². The molecule has 0 radical (unpaired) electrons. The Morgan fingerprint density at radius 3 is 2.50 bits per heavy atom. The topological polar surface area (TPSA) is 61.4 Å². The van der Waals surface area contributed by atoms with E-state index in [0.717, 1.165) is 5.56 Å². The first-order chi connectivity index (χ1) is 12.5. The van der Waals surface area contributed by atoms with Crippen molar-refractivity contribution >= 4 is 40.8 Å². The van der Waals surface area contributed by atoms with Crippen LogP contribution in [0.25, 0.3) is 0 Å². The number of urea groups is 1. The molecule has 5 nitrogen and oxygen atoms in total. The second kappa shape index (κ2) is 7.93. The van der Waals surface area contributed by atoms with Gasteiger partial charge in [0.15, 0.2) is 5.82 Å². The van der Waals surface area contributed by atoms with Crippen molar-refractivity contribution in [3.05, 3.63) is 63.9 Å². The van der Waals surface area contributed by atoms with Crippen molar-refractivity contribution in [2.45, 2.75) is 12.5 Å². The van der Waals surface area contributed by atoms with Gasteiger partial charge < -0.3 is 15.5 Å². The summed E-state index contributed by atoms with van der Waals surface area (Å²) in [6, 6.07) is 11.1. The quantitative estimate of drug-likeness (QED) is 0.747. The van der Waals surface area contributed by atoms with E-state index in [1.165, 1.54) is 12.1 Å². The second-order valence-electron chi connectivity index (χ2n) is 5.86. The first-order valence-corrected chi connectivity index (χ1v) is 8.75. The minimum absolute atomic E-state index is 0.123. The number of benzene rings is 2. The molecule has 1 aliphatic rings. The van der Waals surface area contributed by atoms with Gasteiger partial charge in [0.25, 0.3) is 0 Å². The average molecular weight is 396 g/mol. The van der Waals surface area contributed by atoms with E-state index in [-0.39, 0.29) is 28.1 Å². The molecule has 0 aliphatic carbocycles. The highest BCUT2D eigenvalue weighted by atomic mass is 35.5. The lowest BCUT2D eigenvalue weighted by Crippen LogP contribution is -2.39. The molecule has 0 aromatic heterocycles. The molecule has 1 heterocycles. The number of nitrogens with zero attached hydrogens (tertiary/aromatic N) is 1. The molecule has 1 saturated heterocycles. The van der Waals surface area contributed by atoms with Gasteiger partial charge in [-0.25, -0.2) is 9.18 Å². The maximum Gasteiger partial charge on any atom is 0.322 e. The molecule has 2 N–H and O–H groups in total. The summed E-state index contributed by atoms with van der Waals surface area (Å²) in [5.74, 6) is -0.861. The molecular formula is C18H16Cl2FN3O2. The largest absolute Gasteiger partial charge is 0.354 e. The van der Waals surface area contributed by atoms with E-state index in [4.69, 9.17) is 23.2 Å². The zero-order valence-electron chi connectivity index (χ0n) is 13.6. The number of hydrogen-bond acceptors (Lipinski definition) is 2. The van der Waals surface area contributed by atoms with Crippen LogP contribution in [0.3, 0.4) is 0 Å². The van der Waals surface area contributed by atoms with E-state index >= 15 is 0 Å². The third kappa shape index (κ3) is 4.08. The lowest BCUT2D eigenvalue weighted by molar-refractivity contribution is -0.121. The number of nitrogens with one attached hydrogen (secondary N) is 2. The molecule has 0 unspecified atom stereocenters. The summed E-state index contributed by atoms with van der Waals surface area (Å²) >= 11 is 11.6. The fourth-order valence-corrected chi connectivity index (χ4v) is 3.36. The van der Waals surface area contributed by atoms with Crippen molar-refractivity contribution in [3.8, 4) is 0 Å². The molecule has 1 aliphatic heterocycles. The summed E-state index contributed by atoms with van der Waals surface area (Å²) in [5.41, 5.74) is 1.14. The zero-order chi connectivity index (χ0) is 18.7. The molecule has 3 rings (SSSR count). The standard InChI is InChI=1S/C18H16Cl2FN3O2/c19-13-8-12(9-14(20)17(13)21)23-18(26)24-7-6-22-16(25)10-15(24)11-4-2-1-3-5-11/h1-5,8-9,15H,6-7,10H2,(H,22,25)(H,23,26)/t15-/m1/s1. The number of carbonyl (C=O) groups excluding carboxylic acids is 2. The lowest BCUT2D eigenvalue weighted by Gasteiger charge is -2.29. The van der Waals surface area contributed by atoms with E-state index in [9.17, 15) is 14.0 Å². The van der Waals surface area contributed by atoms with Crippen molar-refractivity contribution in [2.24, 2.45) is 0 Å². The Hall–Kier alpha value is -2.31. The highest BCUT2D eigenvalue weighted by molar-refractivity contribution is 6.35. The van der Waals surface area contributed by atoms with Gasteiger partial charge in [-0.3, -0.25) is 4.79 Å². The van der Waals surface area contributed by atoms with Gasteiger partial charge in [0, 0.05) is 18.8 Å².